The van der Waals surface area contributed by atoms with Crippen LogP contribution in [-0.2, 0) is 23.9 Å². The molecule has 7 heteroatoms. The van der Waals surface area contributed by atoms with Gasteiger partial charge in [0.1, 0.15) is 18.4 Å². The van der Waals surface area contributed by atoms with Crippen molar-refractivity contribution in [2.45, 2.75) is 39.2 Å². The van der Waals surface area contributed by atoms with Gasteiger partial charge < -0.3 is 24.7 Å². The van der Waals surface area contributed by atoms with Gasteiger partial charge >= 0.3 is 5.97 Å². The van der Waals surface area contributed by atoms with E-state index < -0.39 is 17.9 Å². The molecule has 0 bridgehead atoms. The second-order valence-corrected chi connectivity index (χ2v) is 4.36. The standard InChI is InChI=1S/C13H23NO6/c1-3-6-19-7-8-20-9-12(16)14-11(13(17)18)5-4-10(2)15/h11H,3-9H2,1-2H3,(H,14,16)(H,17,18). The molecule has 1 atom stereocenters. The van der Waals surface area contributed by atoms with Crippen LogP contribution in [0.2, 0.25) is 0 Å². The van der Waals surface area contributed by atoms with E-state index in [1.54, 1.807) is 0 Å². The molecular weight excluding hydrogens is 266 g/mol. The molecule has 0 aromatic carbocycles. The van der Waals surface area contributed by atoms with Crippen LogP contribution in [0, 0.1) is 0 Å². The Kier molecular flexibility index (Phi) is 10.5. The molecular formula is C13H23NO6. The SMILES string of the molecule is CCCOCCOCC(=O)NC(CCC(C)=O)C(=O)O. The van der Waals surface area contributed by atoms with Crippen LogP contribution in [0.15, 0.2) is 0 Å². The van der Waals surface area contributed by atoms with Gasteiger partial charge in [-0.05, 0) is 19.8 Å². The van der Waals surface area contributed by atoms with Gasteiger partial charge in [-0.1, -0.05) is 6.92 Å². The molecule has 0 spiro atoms. The summed E-state index contributed by atoms with van der Waals surface area (Å²) in [5.74, 6) is -1.79. The lowest BCUT2D eigenvalue weighted by atomic mass is 10.1. The third-order valence-corrected chi connectivity index (χ3v) is 2.37. The minimum Gasteiger partial charge on any atom is -0.480 e. The molecule has 0 saturated carbocycles. The molecule has 0 aromatic rings. The van der Waals surface area contributed by atoms with E-state index in [2.05, 4.69) is 5.32 Å². The Morgan fingerprint density at radius 2 is 1.80 bits per heavy atom. The van der Waals surface area contributed by atoms with E-state index in [1.807, 2.05) is 6.92 Å². The summed E-state index contributed by atoms with van der Waals surface area (Å²) in [6, 6.07) is -1.06. The summed E-state index contributed by atoms with van der Waals surface area (Å²) in [5, 5.41) is 11.2. The van der Waals surface area contributed by atoms with Crippen LogP contribution in [0.25, 0.3) is 0 Å². The minimum absolute atomic E-state index is 0.0794. The van der Waals surface area contributed by atoms with Crippen molar-refractivity contribution < 1.29 is 29.0 Å². The molecule has 116 valence electrons. The molecule has 20 heavy (non-hydrogen) atoms. The summed E-state index contributed by atoms with van der Waals surface area (Å²) in [4.78, 5) is 33.2. The average Bonchev–Trinajstić information content (AvgIpc) is 2.38. The summed E-state index contributed by atoms with van der Waals surface area (Å²) in [6.07, 6.45) is 1.11. The van der Waals surface area contributed by atoms with Crippen molar-refractivity contribution in [1.29, 1.82) is 0 Å². The lowest BCUT2D eigenvalue weighted by Crippen LogP contribution is -2.42. The molecule has 0 heterocycles. The Hall–Kier alpha value is -1.47. The maximum Gasteiger partial charge on any atom is 0.326 e. The number of ether oxygens (including phenoxy) is 2. The third-order valence-electron chi connectivity index (χ3n) is 2.37. The van der Waals surface area contributed by atoms with E-state index in [1.165, 1.54) is 6.92 Å². The van der Waals surface area contributed by atoms with Crippen LogP contribution < -0.4 is 5.32 Å². The molecule has 0 aliphatic rings. The van der Waals surface area contributed by atoms with E-state index in [0.29, 0.717) is 13.2 Å². The number of Topliss-reactive ketones (excluding diaryl/α,β-unsaturated/α-hetero) is 1. The zero-order valence-corrected chi connectivity index (χ0v) is 12.0. The number of carbonyl (C=O) groups excluding carboxylic acids is 2. The molecule has 1 unspecified atom stereocenters. The fourth-order valence-electron chi connectivity index (χ4n) is 1.37. The van der Waals surface area contributed by atoms with Gasteiger partial charge in [-0.25, -0.2) is 4.79 Å². The van der Waals surface area contributed by atoms with Crippen molar-refractivity contribution in [1.82, 2.24) is 5.32 Å². The van der Waals surface area contributed by atoms with Gasteiger partial charge in [-0.2, -0.15) is 0 Å². The van der Waals surface area contributed by atoms with E-state index in [4.69, 9.17) is 14.6 Å². The lowest BCUT2D eigenvalue weighted by Gasteiger charge is -2.13. The molecule has 7 nitrogen and oxygen atoms in total. The Bertz CT molecular complexity index is 318. The number of carboxylic acids is 1. The summed E-state index contributed by atoms with van der Waals surface area (Å²) < 4.78 is 10.2. The average molecular weight is 289 g/mol. The Morgan fingerprint density at radius 3 is 2.35 bits per heavy atom. The monoisotopic (exact) mass is 289 g/mol. The van der Waals surface area contributed by atoms with Crippen molar-refractivity contribution in [3.8, 4) is 0 Å². The molecule has 0 saturated heterocycles. The second kappa shape index (κ2) is 11.4. The molecule has 0 radical (unpaired) electrons. The molecule has 0 fully saturated rings. The van der Waals surface area contributed by atoms with Crippen molar-refractivity contribution in [2.75, 3.05) is 26.4 Å². The largest absolute Gasteiger partial charge is 0.480 e. The number of carboxylic acid groups (broad SMARTS) is 1. The smallest absolute Gasteiger partial charge is 0.326 e. The van der Waals surface area contributed by atoms with Crippen LogP contribution in [0.5, 0.6) is 0 Å². The van der Waals surface area contributed by atoms with Crippen molar-refractivity contribution in [3.63, 3.8) is 0 Å². The van der Waals surface area contributed by atoms with Gasteiger partial charge in [0.2, 0.25) is 5.91 Å². The van der Waals surface area contributed by atoms with Crippen molar-refractivity contribution in [3.05, 3.63) is 0 Å². The molecule has 1 amide bonds. The Balaban J connectivity index is 3.84. The highest BCUT2D eigenvalue weighted by atomic mass is 16.5. The molecule has 2 N–H and O–H groups in total. The highest BCUT2D eigenvalue weighted by molar-refractivity contribution is 5.85. The summed E-state index contributed by atoms with van der Waals surface area (Å²) in [6.45, 7) is 4.45. The predicted molar refractivity (Wildman–Crippen MR) is 71.4 cm³/mol. The minimum atomic E-state index is -1.16. The van der Waals surface area contributed by atoms with Crippen LogP contribution in [0.3, 0.4) is 0 Å². The fraction of sp³-hybridized carbons (Fsp3) is 0.769. The second-order valence-electron chi connectivity index (χ2n) is 4.36. The molecule has 0 aliphatic heterocycles. The van der Waals surface area contributed by atoms with Crippen LogP contribution in [0.4, 0.5) is 0 Å². The number of amides is 1. The number of aliphatic carboxylic acids is 1. The lowest BCUT2D eigenvalue weighted by molar-refractivity contribution is -0.143. The van der Waals surface area contributed by atoms with Crippen LogP contribution >= 0.6 is 0 Å². The van der Waals surface area contributed by atoms with Crippen LogP contribution in [0.1, 0.15) is 33.1 Å². The topological polar surface area (TPSA) is 102 Å². The normalized spacial score (nSPS) is 11.9. The number of nitrogens with one attached hydrogen (secondary N) is 1. The van der Waals surface area contributed by atoms with E-state index >= 15 is 0 Å². The molecule has 0 aromatic heterocycles. The van der Waals surface area contributed by atoms with Crippen LogP contribution in [-0.4, -0.2) is 55.2 Å². The fourth-order valence-corrected chi connectivity index (χ4v) is 1.37. The predicted octanol–water partition coefficient (Wildman–Crippen LogP) is 0.368. The quantitative estimate of drug-likeness (QED) is 0.503. The molecule has 0 aliphatic carbocycles. The van der Waals surface area contributed by atoms with Crippen molar-refractivity contribution >= 4 is 17.7 Å². The Labute approximate surface area is 118 Å². The van der Waals surface area contributed by atoms with E-state index in [9.17, 15) is 14.4 Å². The number of hydrogen-bond donors (Lipinski definition) is 2. The summed E-state index contributed by atoms with van der Waals surface area (Å²) in [7, 11) is 0. The van der Waals surface area contributed by atoms with Crippen molar-refractivity contribution in [2.24, 2.45) is 0 Å². The van der Waals surface area contributed by atoms with E-state index in [-0.39, 0.29) is 31.8 Å². The highest BCUT2D eigenvalue weighted by Gasteiger charge is 2.20. The number of rotatable bonds is 12. The molecule has 0 rings (SSSR count). The van der Waals surface area contributed by atoms with Gasteiger partial charge in [-0.15, -0.1) is 0 Å². The Morgan fingerprint density at radius 1 is 1.15 bits per heavy atom. The number of carbonyl (C=O) groups is 3. The van der Waals surface area contributed by atoms with E-state index in [0.717, 1.165) is 6.42 Å². The maximum atomic E-state index is 11.5. The van der Waals surface area contributed by atoms with Gasteiger partial charge in [0.15, 0.2) is 0 Å². The van der Waals surface area contributed by atoms with Gasteiger partial charge in [-0.3, -0.25) is 4.79 Å². The first kappa shape index (κ1) is 18.5. The zero-order chi connectivity index (χ0) is 15.4. The number of hydrogen-bond acceptors (Lipinski definition) is 5. The zero-order valence-electron chi connectivity index (χ0n) is 12.0. The maximum absolute atomic E-state index is 11.5. The highest BCUT2D eigenvalue weighted by Crippen LogP contribution is 1.99. The van der Waals surface area contributed by atoms with Gasteiger partial charge in [0, 0.05) is 13.0 Å². The first-order valence-corrected chi connectivity index (χ1v) is 6.64. The first-order valence-electron chi connectivity index (χ1n) is 6.64. The summed E-state index contributed by atoms with van der Waals surface area (Å²) in [5.41, 5.74) is 0. The first-order chi connectivity index (χ1) is 9.47. The third kappa shape index (κ3) is 10.5. The number of ketones is 1. The van der Waals surface area contributed by atoms with Gasteiger partial charge in [0.25, 0.3) is 0 Å². The van der Waals surface area contributed by atoms with Gasteiger partial charge in [0.05, 0.1) is 13.2 Å². The summed E-state index contributed by atoms with van der Waals surface area (Å²) >= 11 is 0.